The lowest BCUT2D eigenvalue weighted by molar-refractivity contribution is 0.0685. The van der Waals surface area contributed by atoms with E-state index in [1.54, 1.807) is 0 Å². The zero-order valence-electron chi connectivity index (χ0n) is 11.9. The van der Waals surface area contributed by atoms with E-state index >= 15 is 0 Å². The Hall–Kier alpha value is -0.990. The van der Waals surface area contributed by atoms with E-state index in [0.717, 1.165) is 30.8 Å². The van der Waals surface area contributed by atoms with Gasteiger partial charge in [0, 0.05) is 18.8 Å². The van der Waals surface area contributed by atoms with Gasteiger partial charge in [0.15, 0.2) is 0 Å². The van der Waals surface area contributed by atoms with E-state index in [-0.39, 0.29) is 16.6 Å². The molecule has 0 aliphatic carbocycles. The van der Waals surface area contributed by atoms with Crippen LogP contribution in [-0.4, -0.2) is 41.6 Å². The summed E-state index contributed by atoms with van der Waals surface area (Å²) in [5.41, 5.74) is 0.0106. The first-order valence-corrected chi connectivity index (χ1v) is 9.61. The molecule has 2 rings (SSSR count). The van der Waals surface area contributed by atoms with E-state index in [2.05, 4.69) is 4.72 Å². The van der Waals surface area contributed by atoms with E-state index in [0.29, 0.717) is 6.54 Å². The highest BCUT2D eigenvalue weighted by Gasteiger charge is 2.25. The predicted octanol–water partition coefficient (Wildman–Crippen LogP) is 1.77. The van der Waals surface area contributed by atoms with Gasteiger partial charge in [-0.15, -0.1) is 0 Å². The maximum absolute atomic E-state index is 12.4. The van der Waals surface area contributed by atoms with Gasteiger partial charge in [0.1, 0.15) is 10.6 Å². The van der Waals surface area contributed by atoms with Gasteiger partial charge in [-0.2, -0.15) is 11.8 Å². The molecule has 0 unspecified atom stereocenters. The van der Waals surface area contributed by atoms with Crippen molar-refractivity contribution >= 4 is 27.8 Å². The monoisotopic (exact) mass is 332 g/mol. The highest BCUT2D eigenvalue weighted by Crippen LogP contribution is 2.21. The number of thioether (sulfide) groups is 1. The van der Waals surface area contributed by atoms with Crippen molar-refractivity contribution in [2.45, 2.75) is 43.7 Å². The first kappa shape index (κ1) is 16.4. The lowest BCUT2D eigenvalue weighted by atomic mass is 10.2. The van der Waals surface area contributed by atoms with Crippen LogP contribution in [0.4, 0.5) is 0 Å². The Kier molecular flexibility index (Phi) is 5.34. The van der Waals surface area contributed by atoms with Crippen LogP contribution in [0.3, 0.4) is 0 Å². The van der Waals surface area contributed by atoms with Gasteiger partial charge in [0.25, 0.3) is 0 Å². The molecule has 6 nitrogen and oxygen atoms in total. The maximum Gasteiger partial charge on any atom is 0.352 e. The van der Waals surface area contributed by atoms with Crippen LogP contribution in [0.15, 0.2) is 17.2 Å². The molecule has 21 heavy (non-hydrogen) atoms. The van der Waals surface area contributed by atoms with E-state index in [9.17, 15) is 13.2 Å². The van der Waals surface area contributed by atoms with Crippen molar-refractivity contribution in [3.63, 3.8) is 0 Å². The van der Waals surface area contributed by atoms with Crippen LogP contribution in [0, 0.1) is 0 Å². The molecule has 1 fully saturated rings. The molecular formula is C13H20N2O4S2. The summed E-state index contributed by atoms with van der Waals surface area (Å²) in [6.07, 6.45) is 3.77. The Morgan fingerprint density at radius 1 is 1.48 bits per heavy atom. The minimum Gasteiger partial charge on any atom is -0.477 e. The van der Waals surface area contributed by atoms with Crippen LogP contribution >= 0.6 is 11.8 Å². The van der Waals surface area contributed by atoms with Crippen molar-refractivity contribution in [1.29, 1.82) is 0 Å². The van der Waals surface area contributed by atoms with Crippen LogP contribution < -0.4 is 4.72 Å². The van der Waals surface area contributed by atoms with Crippen LogP contribution in [0.25, 0.3) is 0 Å². The number of rotatable bonds is 6. The fourth-order valence-electron chi connectivity index (χ4n) is 2.34. The van der Waals surface area contributed by atoms with Gasteiger partial charge in [-0.25, -0.2) is 17.9 Å². The summed E-state index contributed by atoms with van der Waals surface area (Å²) in [5.74, 6) is 0.786. The fraction of sp³-hybridized carbons (Fsp3) is 0.615. The summed E-state index contributed by atoms with van der Waals surface area (Å²) < 4.78 is 28.9. The number of sulfonamides is 1. The Bertz CT molecular complexity index is 604. The third kappa shape index (κ3) is 4.02. The molecule has 1 saturated heterocycles. The average molecular weight is 332 g/mol. The maximum atomic E-state index is 12.4. The second-order valence-corrected chi connectivity index (χ2v) is 8.01. The van der Waals surface area contributed by atoms with Gasteiger partial charge in [-0.1, -0.05) is 6.92 Å². The van der Waals surface area contributed by atoms with Gasteiger partial charge >= 0.3 is 5.97 Å². The summed E-state index contributed by atoms with van der Waals surface area (Å²) in [5, 5.41) is 9.15. The molecule has 0 bridgehead atoms. The van der Waals surface area contributed by atoms with Gasteiger partial charge in [-0.05, 0) is 36.8 Å². The molecule has 0 saturated carbocycles. The number of carbonyl (C=O) groups is 1. The summed E-state index contributed by atoms with van der Waals surface area (Å²) >= 11 is 1.82. The Morgan fingerprint density at radius 3 is 2.71 bits per heavy atom. The van der Waals surface area contributed by atoms with Crippen molar-refractivity contribution < 1.29 is 18.3 Å². The van der Waals surface area contributed by atoms with Gasteiger partial charge in [0.2, 0.25) is 10.0 Å². The molecule has 2 heterocycles. The summed E-state index contributed by atoms with van der Waals surface area (Å²) in [6, 6.07) is 1.18. The molecule has 1 aliphatic rings. The molecule has 2 N–H and O–H groups in total. The van der Waals surface area contributed by atoms with Gasteiger partial charge < -0.3 is 9.67 Å². The smallest absolute Gasteiger partial charge is 0.352 e. The second-order valence-electron chi connectivity index (χ2n) is 5.07. The number of nitrogens with one attached hydrogen (secondary N) is 1. The molecule has 1 aliphatic heterocycles. The van der Waals surface area contributed by atoms with Crippen molar-refractivity contribution in [2.24, 2.45) is 0 Å². The molecule has 1 aromatic rings. The number of carboxylic acids is 1. The number of hydrogen-bond acceptors (Lipinski definition) is 4. The Balaban J connectivity index is 2.22. The first-order chi connectivity index (χ1) is 9.94. The van der Waals surface area contributed by atoms with Crippen LogP contribution in [0.5, 0.6) is 0 Å². The quantitative estimate of drug-likeness (QED) is 0.829. The fourth-order valence-corrected chi connectivity index (χ4v) is 4.79. The van der Waals surface area contributed by atoms with E-state index in [4.69, 9.17) is 5.11 Å². The van der Waals surface area contributed by atoms with Gasteiger partial charge in [0.05, 0.1) is 0 Å². The van der Waals surface area contributed by atoms with Crippen LogP contribution in [-0.2, 0) is 16.6 Å². The van der Waals surface area contributed by atoms with Crippen molar-refractivity contribution in [2.75, 3.05) is 11.5 Å². The zero-order valence-corrected chi connectivity index (χ0v) is 13.5. The van der Waals surface area contributed by atoms with Crippen molar-refractivity contribution in [1.82, 2.24) is 9.29 Å². The third-order valence-electron chi connectivity index (χ3n) is 3.41. The summed E-state index contributed by atoms with van der Waals surface area (Å²) in [4.78, 5) is 11.2. The second kappa shape index (κ2) is 6.85. The van der Waals surface area contributed by atoms with Crippen LogP contribution in [0.1, 0.15) is 36.7 Å². The third-order valence-corrected chi connectivity index (χ3v) is 5.94. The average Bonchev–Trinajstić information content (AvgIpc) is 2.85. The molecule has 0 radical (unpaired) electrons. The largest absolute Gasteiger partial charge is 0.477 e. The minimum absolute atomic E-state index is 0.0106. The normalized spacial score (nSPS) is 17.0. The van der Waals surface area contributed by atoms with Crippen LogP contribution in [0.2, 0.25) is 0 Å². The molecule has 0 atom stereocenters. The number of aryl methyl sites for hydroxylation is 1. The summed E-state index contributed by atoms with van der Waals surface area (Å²) in [7, 11) is -3.66. The van der Waals surface area contributed by atoms with Crippen molar-refractivity contribution in [3.8, 4) is 0 Å². The summed E-state index contributed by atoms with van der Waals surface area (Å²) in [6.45, 7) is 2.40. The lowest BCUT2D eigenvalue weighted by Gasteiger charge is -2.21. The first-order valence-electron chi connectivity index (χ1n) is 6.97. The van der Waals surface area contributed by atoms with Gasteiger partial charge in [-0.3, -0.25) is 0 Å². The Morgan fingerprint density at radius 2 is 2.14 bits per heavy atom. The molecular weight excluding hydrogens is 312 g/mol. The highest BCUT2D eigenvalue weighted by atomic mass is 32.2. The van der Waals surface area contributed by atoms with E-state index < -0.39 is 16.0 Å². The molecule has 0 spiro atoms. The standard InChI is InChI=1S/C13H20N2O4S2/c1-2-5-15-9-11(8-12(15)13(16)17)21(18,19)14-10-3-6-20-7-4-10/h8-10,14H,2-7H2,1H3,(H,16,17). The lowest BCUT2D eigenvalue weighted by Crippen LogP contribution is -2.37. The zero-order chi connectivity index (χ0) is 15.5. The molecule has 8 heteroatoms. The van der Waals surface area contributed by atoms with E-state index in [1.807, 2.05) is 18.7 Å². The molecule has 0 aromatic carbocycles. The topological polar surface area (TPSA) is 88.4 Å². The number of aromatic nitrogens is 1. The number of hydrogen-bond donors (Lipinski definition) is 2. The SMILES string of the molecule is CCCn1cc(S(=O)(=O)NC2CCSCC2)cc1C(=O)O. The van der Waals surface area contributed by atoms with E-state index in [1.165, 1.54) is 16.8 Å². The predicted molar refractivity (Wildman–Crippen MR) is 82.4 cm³/mol. The Labute approximate surface area is 129 Å². The number of nitrogens with zero attached hydrogens (tertiary/aromatic N) is 1. The molecule has 0 amide bonds. The number of carboxylic acid groups (broad SMARTS) is 1. The highest BCUT2D eigenvalue weighted by molar-refractivity contribution is 7.99. The molecule has 118 valence electrons. The molecule has 1 aromatic heterocycles. The number of aromatic carboxylic acids is 1. The minimum atomic E-state index is -3.66. The van der Waals surface area contributed by atoms with Crippen molar-refractivity contribution in [3.05, 3.63) is 18.0 Å².